The first-order chi connectivity index (χ1) is 30.8. The summed E-state index contributed by atoms with van der Waals surface area (Å²) < 4.78 is 0. The fourth-order valence-corrected chi connectivity index (χ4v) is 10.0. The van der Waals surface area contributed by atoms with Crippen molar-refractivity contribution in [2.24, 2.45) is 0 Å². The third kappa shape index (κ3) is 5.99. The Morgan fingerprint density at radius 1 is 0.145 bits per heavy atom. The largest absolute Gasteiger partial charge is 0.0622 e. The molecule has 0 heterocycles. The standard InChI is InChI=1S/C62H40/c1-3-18-44(19-4-1)59-51-23-9-13-27-55(51)61(56-28-14-10-24-52(56)59)49-38-48(43-33-31-42(32-34-43)47-36-35-41-17-7-8-22-46(41)37-47)39-50(40-49)62-57-29-15-11-25-53(57)60(45-20-5-2-6-21-45)54-26-12-16-30-58(54)62/h1-40H. The third-order valence-electron chi connectivity index (χ3n) is 12.8. The van der Waals surface area contributed by atoms with Crippen molar-refractivity contribution in [3.63, 3.8) is 0 Å². The Labute approximate surface area is 361 Å². The minimum atomic E-state index is 1.18. The maximum atomic E-state index is 2.46. The zero-order valence-electron chi connectivity index (χ0n) is 34.1. The van der Waals surface area contributed by atoms with Crippen LogP contribution in [0.5, 0.6) is 0 Å². The van der Waals surface area contributed by atoms with Crippen LogP contribution >= 0.6 is 0 Å². The predicted molar refractivity (Wildman–Crippen MR) is 267 cm³/mol. The molecule has 0 amide bonds. The monoisotopic (exact) mass is 784 g/mol. The van der Waals surface area contributed by atoms with E-state index in [0.717, 1.165) is 0 Å². The molecule has 0 N–H and O–H groups in total. The lowest BCUT2D eigenvalue weighted by Gasteiger charge is -2.21. The highest BCUT2D eigenvalue weighted by Gasteiger charge is 2.21. The second kappa shape index (κ2) is 14.9. The van der Waals surface area contributed by atoms with Crippen LogP contribution in [0.2, 0.25) is 0 Å². The zero-order chi connectivity index (χ0) is 41.0. The van der Waals surface area contributed by atoms with Gasteiger partial charge in [-0.2, -0.15) is 0 Å². The van der Waals surface area contributed by atoms with Gasteiger partial charge in [-0.25, -0.2) is 0 Å². The van der Waals surface area contributed by atoms with Crippen LogP contribution in [0.4, 0.5) is 0 Å². The lowest BCUT2D eigenvalue weighted by Crippen LogP contribution is -1.94. The molecule has 12 rings (SSSR count). The van der Waals surface area contributed by atoms with E-state index in [2.05, 4.69) is 243 Å². The smallest absolute Gasteiger partial charge is 0.00259 e. The number of fused-ring (bicyclic) bond motifs is 5. The van der Waals surface area contributed by atoms with Gasteiger partial charge in [0.1, 0.15) is 0 Å². The van der Waals surface area contributed by atoms with Gasteiger partial charge in [-0.15, -0.1) is 0 Å². The molecule has 12 aromatic carbocycles. The summed E-state index contributed by atoms with van der Waals surface area (Å²) in [6, 6.07) is 89.5. The first-order valence-corrected chi connectivity index (χ1v) is 21.5. The van der Waals surface area contributed by atoms with Crippen LogP contribution < -0.4 is 0 Å². The maximum absolute atomic E-state index is 2.46. The van der Waals surface area contributed by atoms with Crippen molar-refractivity contribution in [1.29, 1.82) is 0 Å². The molecule has 0 bridgehead atoms. The van der Waals surface area contributed by atoms with Crippen LogP contribution in [0.15, 0.2) is 243 Å². The summed E-state index contributed by atoms with van der Waals surface area (Å²) in [4.78, 5) is 0. The topological polar surface area (TPSA) is 0 Å². The highest BCUT2D eigenvalue weighted by Crippen LogP contribution is 2.48. The first-order valence-electron chi connectivity index (χ1n) is 21.5. The summed E-state index contributed by atoms with van der Waals surface area (Å²) in [5, 5.41) is 12.5. The van der Waals surface area contributed by atoms with Gasteiger partial charge in [-0.3, -0.25) is 0 Å². The van der Waals surface area contributed by atoms with E-state index in [9.17, 15) is 0 Å². The molecule has 0 unspecified atom stereocenters. The predicted octanol–water partition coefficient (Wildman–Crippen LogP) is 17.5. The normalized spacial score (nSPS) is 11.5. The summed E-state index contributed by atoms with van der Waals surface area (Å²) in [5.41, 5.74) is 14.7. The molecule has 0 radical (unpaired) electrons. The lowest BCUT2D eigenvalue weighted by atomic mass is 9.82. The Morgan fingerprint density at radius 3 is 0.839 bits per heavy atom. The van der Waals surface area contributed by atoms with Gasteiger partial charge in [0.25, 0.3) is 0 Å². The molecule has 0 aliphatic rings. The molecule has 288 valence electrons. The first kappa shape index (κ1) is 35.8. The second-order valence-electron chi connectivity index (χ2n) is 16.4. The minimum absolute atomic E-state index is 1.18. The van der Waals surface area contributed by atoms with Crippen molar-refractivity contribution in [2.45, 2.75) is 0 Å². The maximum Gasteiger partial charge on any atom is -0.00259 e. The zero-order valence-corrected chi connectivity index (χ0v) is 34.1. The Bertz CT molecular complexity index is 3360. The Kier molecular flexibility index (Phi) is 8.61. The van der Waals surface area contributed by atoms with Crippen molar-refractivity contribution in [2.75, 3.05) is 0 Å². The van der Waals surface area contributed by atoms with Crippen LogP contribution in [-0.4, -0.2) is 0 Å². The van der Waals surface area contributed by atoms with Crippen LogP contribution in [0, 0.1) is 0 Å². The minimum Gasteiger partial charge on any atom is -0.0622 e. The average molecular weight is 785 g/mol. The van der Waals surface area contributed by atoms with Crippen molar-refractivity contribution < 1.29 is 0 Å². The molecular formula is C62H40. The van der Waals surface area contributed by atoms with Crippen LogP contribution in [0.25, 0.3) is 121 Å². The van der Waals surface area contributed by atoms with Crippen LogP contribution in [-0.2, 0) is 0 Å². The quantitative estimate of drug-likeness (QED) is 0.147. The fourth-order valence-electron chi connectivity index (χ4n) is 10.0. The van der Waals surface area contributed by atoms with Gasteiger partial charge in [0.05, 0.1) is 0 Å². The molecule has 12 aromatic rings. The number of benzene rings is 12. The molecule has 0 aromatic heterocycles. The highest BCUT2D eigenvalue weighted by atomic mass is 14.2. The Hall–Kier alpha value is -8.06. The second-order valence-corrected chi connectivity index (χ2v) is 16.4. The molecule has 0 heteroatoms. The van der Waals surface area contributed by atoms with Gasteiger partial charge in [-0.1, -0.05) is 218 Å². The molecule has 0 saturated heterocycles. The van der Waals surface area contributed by atoms with E-state index in [4.69, 9.17) is 0 Å². The SMILES string of the molecule is c1ccc(-c2c3ccccc3c(-c3cc(-c4ccc(-c5ccc6ccccc6c5)cc4)cc(-c4c5ccccc5c(-c5ccccc5)c5ccccc45)c3)c3ccccc23)cc1. The number of hydrogen-bond acceptors (Lipinski definition) is 0. The van der Waals surface area contributed by atoms with Gasteiger partial charge in [-0.05, 0) is 145 Å². The van der Waals surface area contributed by atoms with Crippen molar-refractivity contribution in [1.82, 2.24) is 0 Å². The number of rotatable bonds is 6. The Morgan fingerprint density at radius 2 is 0.435 bits per heavy atom. The molecule has 0 spiro atoms. The molecule has 0 aliphatic heterocycles. The van der Waals surface area contributed by atoms with Gasteiger partial charge in [0.15, 0.2) is 0 Å². The van der Waals surface area contributed by atoms with Gasteiger partial charge < -0.3 is 0 Å². The fraction of sp³-hybridized carbons (Fsp3) is 0. The van der Waals surface area contributed by atoms with E-state index in [1.807, 2.05) is 0 Å². The summed E-state index contributed by atoms with van der Waals surface area (Å²) in [5.74, 6) is 0. The van der Waals surface area contributed by atoms with Gasteiger partial charge in [0.2, 0.25) is 0 Å². The van der Waals surface area contributed by atoms with E-state index in [1.54, 1.807) is 0 Å². The van der Waals surface area contributed by atoms with Crippen LogP contribution in [0.1, 0.15) is 0 Å². The summed E-state index contributed by atoms with van der Waals surface area (Å²) in [6.45, 7) is 0. The van der Waals surface area contributed by atoms with E-state index in [0.29, 0.717) is 0 Å². The lowest BCUT2D eigenvalue weighted by molar-refractivity contribution is 1.59. The summed E-state index contributed by atoms with van der Waals surface area (Å²) in [6.07, 6.45) is 0. The van der Waals surface area contributed by atoms with E-state index < -0.39 is 0 Å². The average Bonchev–Trinajstić information content (AvgIpc) is 3.35. The summed E-state index contributed by atoms with van der Waals surface area (Å²) in [7, 11) is 0. The van der Waals surface area contributed by atoms with Crippen LogP contribution in [0.3, 0.4) is 0 Å². The molecule has 0 nitrogen and oxygen atoms in total. The van der Waals surface area contributed by atoms with E-state index in [1.165, 1.54) is 121 Å². The molecular weight excluding hydrogens is 745 g/mol. The Balaban J connectivity index is 1.15. The van der Waals surface area contributed by atoms with Crippen molar-refractivity contribution >= 4 is 53.9 Å². The highest BCUT2D eigenvalue weighted by molar-refractivity contribution is 6.24. The van der Waals surface area contributed by atoms with Crippen molar-refractivity contribution in [3.8, 4) is 66.8 Å². The van der Waals surface area contributed by atoms with Gasteiger partial charge in [0, 0.05) is 0 Å². The molecule has 0 saturated carbocycles. The molecule has 0 atom stereocenters. The van der Waals surface area contributed by atoms with Gasteiger partial charge >= 0.3 is 0 Å². The number of hydrogen-bond donors (Lipinski definition) is 0. The molecule has 62 heavy (non-hydrogen) atoms. The van der Waals surface area contributed by atoms with E-state index in [-0.39, 0.29) is 0 Å². The molecule has 0 aliphatic carbocycles. The molecule has 0 fully saturated rings. The van der Waals surface area contributed by atoms with Crippen molar-refractivity contribution in [3.05, 3.63) is 243 Å². The summed E-state index contributed by atoms with van der Waals surface area (Å²) >= 11 is 0. The van der Waals surface area contributed by atoms with E-state index >= 15 is 0 Å². The third-order valence-corrected chi connectivity index (χ3v) is 12.8.